The normalized spacial score (nSPS) is 13.7. The molecule has 216 valence electrons. The molecule has 0 aliphatic heterocycles. The maximum Gasteiger partial charge on any atom is 0.326 e. The SMILES string of the molecule is NC(=O)CCC(N)C(=O)NC(CCCN=C(N)N)C(=O)NC(CC(=O)O)C(=O)NC(Cc1cnc[nH]1)C(=O)O. The lowest BCUT2D eigenvalue weighted by Crippen LogP contribution is -2.57. The van der Waals surface area contributed by atoms with Gasteiger partial charge >= 0.3 is 11.9 Å². The summed E-state index contributed by atoms with van der Waals surface area (Å²) >= 11 is 0. The molecule has 1 aromatic rings. The van der Waals surface area contributed by atoms with Crippen molar-refractivity contribution in [3.63, 3.8) is 0 Å². The fraction of sp³-hybridized carbons (Fsp3) is 0.524. The van der Waals surface area contributed by atoms with Crippen LogP contribution in [0.2, 0.25) is 0 Å². The number of nitrogens with one attached hydrogen (secondary N) is 4. The minimum atomic E-state index is -1.70. The van der Waals surface area contributed by atoms with Crippen molar-refractivity contribution in [1.82, 2.24) is 25.9 Å². The van der Waals surface area contributed by atoms with E-state index < -0.39 is 66.2 Å². The minimum Gasteiger partial charge on any atom is -0.481 e. The van der Waals surface area contributed by atoms with Crippen molar-refractivity contribution in [3.8, 4) is 0 Å². The van der Waals surface area contributed by atoms with E-state index in [1.807, 2.05) is 0 Å². The van der Waals surface area contributed by atoms with E-state index in [9.17, 15) is 39.0 Å². The number of hydrogen-bond acceptors (Lipinski definition) is 9. The molecule has 18 heteroatoms. The van der Waals surface area contributed by atoms with Crippen LogP contribution in [0.15, 0.2) is 17.5 Å². The molecule has 1 aromatic heterocycles. The molecule has 1 heterocycles. The molecule has 0 saturated carbocycles. The minimum absolute atomic E-state index is 0.0458. The van der Waals surface area contributed by atoms with Crippen molar-refractivity contribution in [3.05, 3.63) is 18.2 Å². The summed E-state index contributed by atoms with van der Waals surface area (Å²) in [4.78, 5) is 82.6. The Labute approximate surface area is 222 Å². The number of amides is 4. The monoisotopic (exact) mass is 554 g/mol. The van der Waals surface area contributed by atoms with Crippen LogP contribution in [-0.2, 0) is 35.2 Å². The average molecular weight is 555 g/mol. The summed E-state index contributed by atoms with van der Waals surface area (Å²) in [6, 6.07) is -5.66. The molecule has 4 unspecified atom stereocenters. The van der Waals surface area contributed by atoms with Crippen LogP contribution < -0.4 is 38.9 Å². The zero-order valence-corrected chi connectivity index (χ0v) is 21.0. The number of primary amides is 1. The number of aliphatic carboxylic acids is 2. The highest BCUT2D eigenvalue weighted by molar-refractivity contribution is 5.95. The summed E-state index contributed by atoms with van der Waals surface area (Å²) in [6.07, 6.45) is 1.44. The molecule has 0 radical (unpaired) electrons. The molecule has 18 nitrogen and oxygen atoms in total. The number of H-pyrrole nitrogens is 1. The van der Waals surface area contributed by atoms with Gasteiger partial charge in [0.15, 0.2) is 5.96 Å². The number of rotatable bonds is 18. The smallest absolute Gasteiger partial charge is 0.326 e. The molecule has 14 N–H and O–H groups in total. The molecule has 39 heavy (non-hydrogen) atoms. The molecule has 1 rings (SSSR count). The number of carbonyl (C=O) groups excluding carboxylic acids is 4. The number of carboxylic acid groups (broad SMARTS) is 2. The van der Waals surface area contributed by atoms with E-state index in [0.717, 1.165) is 0 Å². The number of carboxylic acids is 2. The van der Waals surface area contributed by atoms with E-state index >= 15 is 0 Å². The Bertz CT molecular complexity index is 1040. The molecule has 0 bridgehead atoms. The molecular formula is C21H34N10O8. The van der Waals surface area contributed by atoms with Gasteiger partial charge in [-0.2, -0.15) is 0 Å². The number of hydrogen-bond donors (Lipinski definition) is 10. The summed E-state index contributed by atoms with van der Waals surface area (Å²) in [5.74, 6) is -6.58. The second kappa shape index (κ2) is 16.2. The van der Waals surface area contributed by atoms with Crippen LogP contribution in [-0.4, -0.2) is 92.4 Å². The lowest BCUT2D eigenvalue weighted by atomic mass is 10.1. The van der Waals surface area contributed by atoms with E-state index in [-0.39, 0.29) is 44.6 Å². The Morgan fingerprint density at radius 2 is 1.54 bits per heavy atom. The fourth-order valence-corrected chi connectivity index (χ4v) is 3.22. The second-order valence-electron chi connectivity index (χ2n) is 8.46. The Kier molecular flexibility index (Phi) is 13.4. The van der Waals surface area contributed by atoms with E-state index in [0.29, 0.717) is 5.69 Å². The van der Waals surface area contributed by atoms with Gasteiger partial charge in [0.05, 0.1) is 18.8 Å². The largest absolute Gasteiger partial charge is 0.481 e. The number of imidazole rings is 1. The molecule has 0 aliphatic rings. The summed E-state index contributed by atoms with van der Waals surface area (Å²) in [7, 11) is 0. The van der Waals surface area contributed by atoms with Gasteiger partial charge in [-0.25, -0.2) is 9.78 Å². The number of nitrogens with two attached hydrogens (primary N) is 4. The van der Waals surface area contributed by atoms with Crippen LogP contribution in [0.4, 0.5) is 0 Å². The van der Waals surface area contributed by atoms with Gasteiger partial charge in [-0.05, 0) is 19.3 Å². The van der Waals surface area contributed by atoms with Crippen LogP contribution >= 0.6 is 0 Å². The number of carbonyl (C=O) groups is 6. The topological polar surface area (TPSA) is 324 Å². The van der Waals surface area contributed by atoms with Crippen molar-refractivity contribution < 1.29 is 39.0 Å². The van der Waals surface area contributed by atoms with Gasteiger partial charge in [-0.3, -0.25) is 29.0 Å². The fourth-order valence-electron chi connectivity index (χ4n) is 3.22. The van der Waals surface area contributed by atoms with E-state index in [1.54, 1.807) is 0 Å². The Balaban J connectivity index is 3.02. The lowest BCUT2D eigenvalue weighted by Gasteiger charge is -2.24. The first-order chi connectivity index (χ1) is 18.3. The summed E-state index contributed by atoms with van der Waals surface area (Å²) in [6.45, 7) is 0.0860. The number of guanidine groups is 1. The van der Waals surface area contributed by atoms with Crippen molar-refractivity contribution in [2.75, 3.05) is 6.54 Å². The zero-order valence-electron chi connectivity index (χ0n) is 21.0. The summed E-state index contributed by atoms with van der Waals surface area (Å²) < 4.78 is 0. The maximum absolute atomic E-state index is 13.0. The number of aromatic nitrogens is 2. The summed E-state index contributed by atoms with van der Waals surface area (Å²) in [5, 5.41) is 25.6. The molecule has 0 aliphatic carbocycles. The predicted octanol–water partition coefficient (Wildman–Crippen LogP) is -4.39. The first-order valence-electron chi connectivity index (χ1n) is 11.7. The third-order valence-corrected chi connectivity index (χ3v) is 5.22. The highest BCUT2D eigenvalue weighted by Crippen LogP contribution is 2.05. The molecule has 0 aromatic carbocycles. The van der Waals surface area contributed by atoms with Crippen LogP contribution in [0, 0.1) is 0 Å². The van der Waals surface area contributed by atoms with Crippen LogP contribution in [0.1, 0.15) is 37.8 Å². The van der Waals surface area contributed by atoms with Gasteiger partial charge in [-0.1, -0.05) is 0 Å². The van der Waals surface area contributed by atoms with E-state index in [1.165, 1.54) is 12.5 Å². The third-order valence-electron chi connectivity index (χ3n) is 5.22. The highest BCUT2D eigenvalue weighted by atomic mass is 16.4. The highest BCUT2D eigenvalue weighted by Gasteiger charge is 2.31. The molecule has 0 saturated heterocycles. The number of aromatic amines is 1. The summed E-state index contributed by atoms with van der Waals surface area (Å²) in [5.41, 5.74) is 21.7. The molecule has 0 fully saturated rings. The Morgan fingerprint density at radius 3 is 2.08 bits per heavy atom. The van der Waals surface area contributed by atoms with Crippen molar-refractivity contribution >= 4 is 41.5 Å². The van der Waals surface area contributed by atoms with Crippen molar-refractivity contribution in [2.24, 2.45) is 27.9 Å². The van der Waals surface area contributed by atoms with E-state index in [2.05, 4.69) is 30.9 Å². The first kappa shape index (κ1) is 32.3. The molecule has 4 amide bonds. The van der Waals surface area contributed by atoms with E-state index in [4.69, 9.17) is 22.9 Å². The van der Waals surface area contributed by atoms with Gasteiger partial charge in [0.25, 0.3) is 0 Å². The predicted molar refractivity (Wildman–Crippen MR) is 134 cm³/mol. The van der Waals surface area contributed by atoms with Gasteiger partial charge < -0.3 is 54.1 Å². The standard InChI is InChI=1S/C21H34N10O8/c22-11(3-4-15(23)32)17(35)29-12(2-1-5-27-21(24)25)18(36)30-13(7-16(33)34)19(37)31-14(20(38)39)6-10-8-26-9-28-10/h8-9,11-14H,1-7,22H2,(H2,23,32)(H,26,28)(H,29,35)(H,30,36)(H,31,37)(H,33,34)(H,38,39)(H4,24,25,27). The Morgan fingerprint density at radius 1 is 0.923 bits per heavy atom. The molecule has 4 atom stereocenters. The average Bonchev–Trinajstić information content (AvgIpc) is 3.35. The lowest BCUT2D eigenvalue weighted by molar-refractivity contribution is -0.143. The molecule has 0 spiro atoms. The third kappa shape index (κ3) is 12.9. The Hall–Kier alpha value is -4.74. The van der Waals surface area contributed by atoms with Crippen molar-refractivity contribution in [1.29, 1.82) is 0 Å². The van der Waals surface area contributed by atoms with Crippen LogP contribution in [0.3, 0.4) is 0 Å². The maximum atomic E-state index is 13.0. The number of aliphatic imine (C=N–C) groups is 1. The van der Waals surface area contributed by atoms with Gasteiger partial charge in [0.1, 0.15) is 18.1 Å². The first-order valence-corrected chi connectivity index (χ1v) is 11.7. The van der Waals surface area contributed by atoms with Crippen LogP contribution in [0.5, 0.6) is 0 Å². The molecular weight excluding hydrogens is 520 g/mol. The van der Waals surface area contributed by atoms with Gasteiger partial charge in [0, 0.05) is 31.3 Å². The number of nitrogens with zero attached hydrogens (tertiary/aromatic N) is 2. The second-order valence-corrected chi connectivity index (χ2v) is 8.46. The quantitative estimate of drug-likeness (QED) is 0.0467. The van der Waals surface area contributed by atoms with Crippen molar-refractivity contribution in [2.45, 2.75) is 62.7 Å². The van der Waals surface area contributed by atoms with Gasteiger partial charge in [0.2, 0.25) is 23.6 Å². The van der Waals surface area contributed by atoms with Crippen LogP contribution in [0.25, 0.3) is 0 Å². The van der Waals surface area contributed by atoms with Gasteiger partial charge in [-0.15, -0.1) is 0 Å². The zero-order chi connectivity index (χ0) is 29.5.